The molecule has 0 aromatic heterocycles. The Balaban J connectivity index is 2.48. The van der Waals surface area contributed by atoms with E-state index in [1.54, 1.807) is 20.8 Å². The lowest BCUT2D eigenvalue weighted by molar-refractivity contribution is -0.274. The molecule has 1 amide bonds. The molecule has 0 atom stereocenters. The summed E-state index contributed by atoms with van der Waals surface area (Å²) in [5.41, 5.74) is 0.0273. The van der Waals surface area contributed by atoms with Gasteiger partial charge in [-0.1, -0.05) is 12.1 Å². The monoisotopic (exact) mass is 291 g/mol. The van der Waals surface area contributed by atoms with E-state index in [1.807, 2.05) is 0 Å². The van der Waals surface area contributed by atoms with Crippen LogP contribution in [0.2, 0.25) is 0 Å². The second kappa shape index (κ2) is 6.02. The normalized spacial score (nSPS) is 11.9. The molecule has 1 rings (SSSR count). The number of rotatable bonds is 3. The number of alkyl carbamates (subject to hydrolysis) is 1. The Labute approximate surface area is 114 Å². The quantitative estimate of drug-likeness (QED) is 0.925. The minimum absolute atomic E-state index is 0.154. The Morgan fingerprint density at radius 1 is 1.15 bits per heavy atom. The van der Waals surface area contributed by atoms with Crippen molar-refractivity contribution in [3.05, 3.63) is 29.8 Å². The Morgan fingerprint density at radius 3 is 2.15 bits per heavy atom. The van der Waals surface area contributed by atoms with Crippen LogP contribution >= 0.6 is 0 Å². The van der Waals surface area contributed by atoms with Gasteiger partial charge < -0.3 is 14.8 Å². The average molecular weight is 291 g/mol. The third kappa shape index (κ3) is 6.86. The van der Waals surface area contributed by atoms with Gasteiger partial charge in [-0.3, -0.25) is 0 Å². The fourth-order valence-corrected chi connectivity index (χ4v) is 1.30. The molecule has 0 heterocycles. The van der Waals surface area contributed by atoms with Crippen molar-refractivity contribution in [3.63, 3.8) is 0 Å². The number of nitrogens with one attached hydrogen (secondary N) is 1. The molecule has 0 fully saturated rings. The number of ether oxygens (including phenoxy) is 2. The number of halogens is 3. The van der Waals surface area contributed by atoms with Crippen LogP contribution in [0.3, 0.4) is 0 Å². The Morgan fingerprint density at radius 2 is 1.70 bits per heavy atom. The summed E-state index contributed by atoms with van der Waals surface area (Å²) < 4.78 is 44.6. The second-order valence-corrected chi connectivity index (χ2v) is 5.05. The Kier molecular flexibility index (Phi) is 4.86. The molecule has 0 saturated carbocycles. The van der Waals surface area contributed by atoms with E-state index in [4.69, 9.17) is 4.74 Å². The molecule has 0 saturated heterocycles. The summed E-state index contributed by atoms with van der Waals surface area (Å²) in [6, 6.07) is 5.22. The molecule has 0 aliphatic carbocycles. The molecular formula is C13H16F3NO3. The van der Waals surface area contributed by atoms with Crippen LogP contribution in [0.1, 0.15) is 26.3 Å². The van der Waals surface area contributed by atoms with E-state index < -0.39 is 18.1 Å². The lowest BCUT2D eigenvalue weighted by Crippen LogP contribution is -2.32. The van der Waals surface area contributed by atoms with Gasteiger partial charge in [0.15, 0.2) is 0 Å². The first kappa shape index (κ1) is 16.1. The zero-order valence-corrected chi connectivity index (χ0v) is 11.4. The molecule has 1 aromatic rings. The van der Waals surface area contributed by atoms with Crippen molar-refractivity contribution in [2.24, 2.45) is 0 Å². The number of alkyl halides is 3. The van der Waals surface area contributed by atoms with Gasteiger partial charge >= 0.3 is 12.5 Å². The van der Waals surface area contributed by atoms with Crippen LogP contribution in [-0.4, -0.2) is 18.1 Å². The highest BCUT2D eigenvalue weighted by Gasteiger charge is 2.30. The van der Waals surface area contributed by atoms with Gasteiger partial charge in [-0.05, 0) is 38.5 Å². The van der Waals surface area contributed by atoms with Gasteiger partial charge in [-0.2, -0.15) is 0 Å². The minimum atomic E-state index is -4.71. The van der Waals surface area contributed by atoms with Gasteiger partial charge in [0.1, 0.15) is 11.4 Å². The highest BCUT2D eigenvalue weighted by atomic mass is 19.4. The van der Waals surface area contributed by atoms with Crippen molar-refractivity contribution in [1.29, 1.82) is 0 Å². The van der Waals surface area contributed by atoms with E-state index in [1.165, 1.54) is 24.3 Å². The first-order valence-corrected chi connectivity index (χ1v) is 5.87. The number of amides is 1. The molecule has 0 unspecified atom stereocenters. The highest BCUT2D eigenvalue weighted by Crippen LogP contribution is 2.22. The highest BCUT2D eigenvalue weighted by molar-refractivity contribution is 5.67. The maximum atomic E-state index is 12.0. The first-order chi connectivity index (χ1) is 9.05. The van der Waals surface area contributed by atoms with Crippen LogP contribution in [0.5, 0.6) is 5.75 Å². The van der Waals surface area contributed by atoms with E-state index in [9.17, 15) is 18.0 Å². The van der Waals surface area contributed by atoms with Crippen LogP contribution in [0.25, 0.3) is 0 Å². The molecule has 0 aliphatic rings. The van der Waals surface area contributed by atoms with Crippen LogP contribution in [0, 0.1) is 0 Å². The van der Waals surface area contributed by atoms with Gasteiger partial charge in [-0.25, -0.2) is 4.79 Å². The number of carbonyl (C=O) groups excluding carboxylic acids is 1. The molecule has 0 bridgehead atoms. The van der Waals surface area contributed by atoms with Gasteiger partial charge in [0, 0.05) is 6.54 Å². The predicted octanol–water partition coefficient (Wildman–Crippen LogP) is 3.61. The summed E-state index contributed by atoms with van der Waals surface area (Å²) in [5, 5.41) is 2.50. The lowest BCUT2D eigenvalue weighted by Gasteiger charge is -2.19. The summed E-state index contributed by atoms with van der Waals surface area (Å²) in [6.45, 7) is 5.35. The van der Waals surface area contributed by atoms with E-state index >= 15 is 0 Å². The third-order valence-electron chi connectivity index (χ3n) is 1.99. The smallest absolute Gasteiger partial charge is 0.444 e. The third-order valence-corrected chi connectivity index (χ3v) is 1.99. The van der Waals surface area contributed by atoms with Crippen molar-refractivity contribution >= 4 is 6.09 Å². The Hall–Kier alpha value is -1.92. The van der Waals surface area contributed by atoms with Gasteiger partial charge in [0.2, 0.25) is 0 Å². The predicted molar refractivity (Wildman–Crippen MR) is 66.2 cm³/mol. The number of hydrogen-bond donors (Lipinski definition) is 1. The van der Waals surface area contributed by atoms with Crippen molar-refractivity contribution in [2.45, 2.75) is 39.3 Å². The Bertz CT molecular complexity index is 449. The lowest BCUT2D eigenvalue weighted by atomic mass is 10.2. The van der Waals surface area contributed by atoms with E-state index in [0.717, 1.165) is 0 Å². The molecule has 20 heavy (non-hydrogen) atoms. The molecular weight excluding hydrogens is 275 g/mol. The zero-order chi connectivity index (χ0) is 15.4. The van der Waals surface area contributed by atoms with Crippen molar-refractivity contribution in [2.75, 3.05) is 0 Å². The van der Waals surface area contributed by atoms with E-state index in [-0.39, 0.29) is 12.3 Å². The summed E-state index contributed by atoms with van der Waals surface area (Å²) in [4.78, 5) is 11.4. The van der Waals surface area contributed by atoms with Gasteiger partial charge in [0.05, 0.1) is 0 Å². The van der Waals surface area contributed by atoms with Crippen molar-refractivity contribution < 1.29 is 27.4 Å². The molecule has 1 aromatic carbocycles. The number of carbonyl (C=O) groups is 1. The fourth-order valence-electron chi connectivity index (χ4n) is 1.30. The average Bonchev–Trinajstić information content (AvgIpc) is 2.23. The number of hydrogen-bond acceptors (Lipinski definition) is 3. The summed E-state index contributed by atoms with van der Waals surface area (Å²) >= 11 is 0. The topological polar surface area (TPSA) is 47.6 Å². The summed E-state index contributed by atoms with van der Waals surface area (Å²) in [5.74, 6) is -0.307. The molecule has 0 radical (unpaired) electrons. The molecule has 112 valence electrons. The zero-order valence-electron chi connectivity index (χ0n) is 11.4. The van der Waals surface area contributed by atoms with Crippen molar-refractivity contribution in [1.82, 2.24) is 5.32 Å². The fraction of sp³-hybridized carbons (Fsp3) is 0.462. The van der Waals surface area contributed by atoms with Gasteiger partial charge in [-0.15, -0.1) is 13.2 Å². The van der Waals surface area contributed by atoms with E-state index in [0.29, 0.717) is 5.56 Å². The van der Waals surface area contributed by atoms with Crippen LogP contribution in [0.4, 0.5) is 18.0 Å². The molecule has 0 aliphatic heterocycles. The molecule has 0 spiro atoms. The largest absolute Gasteiger partial charge is 0.573 e. The van der Waals surface area contributed by atoms with E-state index in [2.05, 4.69) is 10.1 Å². The van der Waals surface area contributed by atoms with Crippen molar-refractivity contribution in [3.8, 4) is 5.75 Å². The standard InChI is InChI=1S/C13H16F3NO3/c1-12(2,3)20-11(18)17-8-9-4-6-10(7-5-9)19-13(14,15)16/h4-7H,8H2,1-3H3,(H,17,18). The second-order valence-electron chi connectivity index (χ2n) is 5.05. The molecule has 1 N–H and O–H groups in total. The maximum Gasteiger partial charge on any atom is 0.573 e. The number of benzene rings is 1. The summed E-state index contributed by atoms with van der Waals surface area (Å²) in [7, 11) is 0. The maximum absolute atomic E-state index is 12.0. The SMILES string of the molecule is CC(C)(C)OC(=O)NCc1ccc(OC(F)(F)F)cc1. The summed E-state index contributed by atoms with van der Waals surface area (Å²) in [6.07, 6.45) is -5.30. The van der Waals surface area contributed by atoms with Crippen LogP contribution in [0.15, 0.2) is 24.3 Å². The van der Waals surface area contributed by atoms with Crippen LogP contribution in [-0.2, 0) is 11.3 Å². The molecule has 7 heteroatoms. The minimum Gasteiger partial charge on any atom is -0.444 e. The first-order valence-electron chi connectivity index (χ1n) is 5.87. The van der Waals surface area contributed by atoms with Gasteiger partial charge in [0.25, 0.3) is 0 Å². The van der Waals surface area contributed by atoms with Crippen LogP contribution < -0.4 is 10.1 Å². The molecule has 4 nitrogen and oxygen atoms in total.